The van der Waals surface area contributed by atoms with Crippen LogP contribution in [0.15, 0.2) is 24.3 Å². The average Bonchev–Trinajstić information content (AvgIpc) is 3.07. The molecule has 1 atom stereocenters. The van der Waals surface area contributed by atoms with Crippen LogP contribution in [0.5, 0.6) is 0 Å². The lowest BCUT2D eigenvalue weighted by Crippen LogP contribution is -2.55. The summed E-state index contributed by atoms with van der Waals surface area (Å²) in [7, 11) is 1.55. The van der Waals surface area contributed by atoms with Gasteiger partial charge in [-0.3, -0.25) is 14.4 Å². The third-order valence-electron chi connectivity index (χ3n) is 4.90. The smallest absolute Gasteiger partial charge is 0.432 e. The molecule has 1 aromatic carbocycles. The van der Waals surface area contributed by atoms with E-state index in [1.165, 1.54) is 4.90 Å². The maximum Gasteiger partial charge on any atom is 0.510 e. The summed E-state index contributed by atoms with van der Waals surface area (Å²) in [4.78, 5) is 51.7. The van der Waals surface area contributed by atoms with E-state index in [9.17, 15) is 19.2 Å². The number of hydrogen-bond acceptors (Lipinski definition) is 8. The molecule has 3 amide bonds. The fourth-order valence-electron chi connectivity index (χ4n) is 3.36. The van der Waals surface area contributed by atoms with Gasteiger partial charge in [0.2, 0.25) is 5.91 Å². The van der Waals surface area contributed by atoms with Crippen molar-refractivity contribution in [1.29, 1.82) is 0 Å². The van der Waals surface area contributed by atoms with Crippen LogP contribution in [0, 0.1) is 0 Å². The summed E-state index contributed by atoms with van der Waals surface area (Å²) in [6, 6.07) is 6.36. The molecule has 162 valence electrons. The monoisotopic (exact) mass is 420 g/mol. The first-order valence-corrected chi connectivity index (χ1v) is 9.62. The molecule has 0 radical (unpaired) electrons. The summed E-state index contributed by atoms with van der Waals surface area (Å²) in [5.74, 6) is -1.27. The number of rotatable bonds is 9. The van der Waals surface area contributed by atoms with Gasteiger partial charge in [-0.25, -0.2) is 9.69 Å². The Bertz CT molecular complexity index is 812. The van der Waals surface area contributed by atoms with Crippen molar-refractivity contribution in [3.63, 3.8) is 0 Å². The molecule has 0 spiro atoms. The summed E-state index contributed by atoms with van der Waals surface area (Å²) in [5.41, 5.74) is 1.40. The van der Waals surface area contributed by atoms with Crippen molar-refractivity contribution in [1.82, 2.24) is 9.80 Å². The van der Waals surface area contributed by atoms with Crippen molar-refractivity contribution in [3.05, 3.63) is 35.4 Å². The van der Waals surface area contributed by atoms with E-state index in [1.807, 2.05) is 12.1 Å². The van der Waals surface area contributed by atoms with E-state index in [0.29, 0.717) is 25.3 Å². The molecule has 2 heterocycles. The number of hydrogen-bond donors (Lipinski definition) is 0. The lowest BCUT2D eigenvalue weighted by molar-refractivity contribution is -0.157. The number of methoxy groups -OCH3 is 1. The van der Waals surface area contributed by atoms with Crippen LogP contribution in [0.3, 0.4) is 0 Å². The summed E-state index contributed by atoms with van der Waals surface area (Å²) in [6.07, 6.45) is -0.711. The molecule has 10 heteroatoms. The minimum Gasteiger partial charge on any atom is -0.432 e. The molecule has 30 heavy (non-hydrogen) atoms. The molecular formula is C20H24N2O8. The second-order valence-corrected chi connectivity index (χ2v) is 6.78. The first kappa shape index (κ1) is 21.7. The number of imide groups is 1. The summed E-state index contributed by atoms with van der Waals surface area (Å²) >= 11 is 0. The van der Waals surface area contributed by atoms with Gasteiger partial charge in [0.1, 0.15) is 12.6 Å². The van der Waals surface area contributed by atoms with E-state index >= 15 is 0 Å². The van der Waals surface area contributed by atoms with E-state index in [2.05, 4.69) is 0 Å². The van der Waals surface area contributed by atoms with Crippen molar-refractivity contribution in [2.75, 3.05) is 40.3 Å². The Labute approximate surface area is 173 Å². The van der Waals surface area contributed by atoms with E-state index in [-0.39, 0.29) is 32.0 Å². The molecule has 1 unspecified atom stereocenters. The highest BCUT2D eigenvalue weighted by Gasteiger charge is 2.42. The molecule has 1 fully saturated rings. The highest BCUT2D eigenvalue weighted by molar-refractivity contribution is 6.05. The molecule has 1 saturated heterocycles. The number of amides is 3. The van der Waals surface area contributed by atoms with Crippen molar-refractivity contribution >= 4 is 23.9 Å². The number of fused-ring (bicyclic) bond motifs is 1. The van der Waals surface area contributed by atoms with Crippen LogP contribution in [0.1, 0.15) is 28.8 Å². The van der Waals surface area contributed by atoms with Crippen molar-refractivity contribution in [2.45, 2.75) is 25.4 Å². The summed E-state index contributed by atoms with van der Waals surface area (Å²) in [6.45, 7) is 0.667. The highest BCUT2D eigenvalue weighted by Crippen LogP contribution is 2.28. The second kappa shape index (κ2) is 10.2. The van der Waals surface area contributed by atoms with E-state index in [4.69, 9.17) is 18.9 Å². The van der Waals surface area contributed by atoms with Crippen LogP contribution >= 0.6 is 0 Å². The number of ether oxygens (including phenoxy) is 4. The fourth-order valence-corrected chi connectivity index (χ4v) is 3.36. The number of piperidine rings is 1. The Kier molecular flexibility index (Phi) is 7.36. The second-order valence-electron chi connectivity index (χ2n) is 6.78. The van der Waals surface area contributed by atoms with Crippen LogP contribution < -0.4 is 0 Å². The van der Waals surface area contributed by atoms with Crippen LogP contribution in [-0.2, 0) is 35.1 Å². The predicted molar refractivity (Wildman–Crippen MR) is 101 cm³/mol. The van der Waals surface area contributed by atoms with E-state index < -0.39 is 30.7 Å². The molecule has 3 rings (SSSR count). The Hall–Kier alpha value is -2.98. The van der Waals surface area contributed by atoms with Crippen molar-refractivity contribution < 1.29 is 38.1 Å². The van der Waals surface area contributed by atoms with E-state index in [0.717, 1.165) is 10.5 Å². The Morgan fingerprint density at radius 2 is 1.83 bits per heavy atom. The molecule has 2 aliphatic heterocycles. The third-order valence-corrected chi connectivity index (χ3v) is 4.90. The molecule has 0 N–H and O–H groups in total. The SMILES string of the molecule is COCCOCCOC(=O)OCN1C(=O)CCC(N2Cc3ccccc3C2=O)C1=O. The van der Waals surface area contributed by atoms with Gasteiger partial charge in [0.25, 0.3) is 11.8 Å². The van der Waals surface area contributed by atoms with E-state index in [1.54, 1.807) is 19.2 Å². The molecule has 0 aromatic heterocycles. The van der Waals surface area contributed by atoms with Crippen LogP contribution in [0.25, 0.3) is 0 Å². The summed E-state index contributed by atoms with van der Waals surface area (Å²) < 4.78 is 19.7. The lowest BCUT2D eigenvalue weighted by Gasteiger charge is -2.34. The predicted octanol–water partition coefficient (Wildman–Crippen LogP) is 0.934. The quantitative estimate of drug-likeness (QED) is 0.330. The van der Waals surface area contributed by atoms with Crippen LogP contribution in [0.2, 0.25) is 0 Å². The van der Waals surface area contributed by atoms with Crippen molar-refractivity contribution in [3.8, 4) is 0 Å². The molecule has 2 aliphatic rings. The first-order valence-electron chi connectivity index (χ1n) is 9.62. The maximum absolute atomic E-state index is 12.8. The maximum atomic E-state index is 12.8. The third kappa shape index (κ3) is 4.95. The standard InChI is InChI=1S/C20H24N2O8/c1-27-8-9-28-10-11-29-20(26)30-13-22-17(23)7-6-16(19(22)25)21-12-14-4-2-3-5-15(14)18(21)24/h2-5,16H,6-13H2,1H3. The minimum atomic E-state index is -1.02. The molecular weight excluding hydrogens is 396 g/mol. The zero-order valence-electron chi connectivity index (χ0n) is 16.7. The van der Waals surface area contributed by atoms with Gasteiger partial charge in [0.05, 0.1) is 19.8 Å². The highest BCUT2D eigenvalue weighted by atomic mass is 16.7. The average molecular weight is 420 g/mol. The molecule has 0 bridgehead atoms. The largest absolute Gasteiger partial charge is 0.510 e. The Morgan fingerprint density at radius 1 is 1.07 bits per heavy atom. The zero-order chi connectivity index (χ0) is 21.5. The summed E-state index contributed by atoms with van der Waals surface area (Å²) in [5, 5.41) is 0. The van der Waals surface area contributed by atoms with Crippen LogP contribution in [-0.4, -0.2) is 80.0 Å². The number of carbonyl (C=O) groups is 4. The number of likely N-dealkylation sites (tertiary alicyclic amines) is 1. The first-order chi connectivity index (χ1) is 14.5. The molecule has 1 aromatic rings. The van der Waals surface area contributed by atoms with Crippen LogP contribution in [0.4, 0.5) is 4.79 Å². The fraction of sp³-hybridized carbons (Fsp3) is 0.500. The zero-order valence-corrected chi connectivity index (χ0v) is 16.7. The van der Waals surface area contributed by atoms with Gasteiger partial charge in [0.15, 0.2) is 6.73 Å². The minimum absolute atomic E-state index is 0.0341. The number of carbonyl (C=O) groups excluding carboxylic acids is 4. The van der Waals surface area contributed by atoms with Gasteiger partial charge < -0.3 is 23.8 Å². The van der Waals surface area contributed by atoms with Crippen molar-refractivity contribution in [2.24, 2.45) is 0 Å². The number of nitrogens with zero attached hydrogens (tertiary/aromatic N) is 2. The van der Waals surface area contributed by atoms with Gasteiger partial charge in [0, 0.05) is 25.6 Å². The molecule has 10 nitrogen and oxygen atoms in total. The lowest BCUT2D eigenvalue weighted by atomic mass is 10.0. The number of benzene rings is 1. The normalized spacial score (nSPS) is 18.6. The molecule has 0 saturated carbocycles. The molecule has 0 aliphatic carbocycles. The Balaban J connectivity index is 1.50. The van der Waals surface area contributed by atoms with Gasteiger partial charge in [-0.15, -0.1) is 0 Å². The Morgan fingerprint density at radius 3 is 2.60 bits per heavy atom. The van der Waals surface area contributed by atoms with Gasteiger partial charge in [-0.05, 0) is 18.1 Å². The topological polar surface area (TPSA) is 112 Å². The van der Waals surface area contributed by atoms with Gasteiger partial charge >= 0.3 is 6.16 Å². The van der Waals surface area contributed by atoms with Gasteiger partial charge in [-0.1, -0.05) is 18.2 Å². The van der Waals surface area contributed by atoms with Gasteiger partial charge in [-0.2, -0.15) is 0 Å².